The Morgan fingerprint density at radius 3 is 2.83 bits per heavy atom. The molecule has 0 radical (unpaired) electrons. The van der Waals surface area contributed by atoms with E-state index in [0.717, 1.165) is 0 Å². The molecule has 100 valence electrons. The number of pyridine rings is 1. The number of carbonyl (C=O) groups excluding carboxylic acids is 1. The van der Waals surface area contributed by atoms with Gasteiger partial charge in [0.25, 0.3) is 11.5 Å². The number of ether oxygens (including phenoxy) is 1. The van der Waals surface area contributed by atoms with Gasteiger partial charge in [0.15, 0.2) is 0 Å². The smallest absolute Gasteiger partial charge is 0.253 e. The van der Waals surface area contributed by atoms with Crippen molar-refractivity contribution in [2.45, 2.75) is 0 Å². The Morgan fingerprint density at radius 1 is 1.50 bits per heavy atom. The first-order valence-corrected chi connectivity index (χ1v) is 5.76. The average molecular weight is 253 g/mol. The maximum Gasteiger partial charge on any atom is 0.253 e. The number of hydrogen-bond donors (Lipinski definition) is 1. The third kappa shape index (κ3) is 3.97. The number of amides is 1. The molecule has 6 nitrogen and oxygen atoms in total. The van der Waals surface area contributed by atoms with Crippen molar-refractivity contribution < 1.29 is 9.53 Å². The number of nitrogens with two attached hydrogens (primary N) is 1. The molecule has 2 N–H and O–H groups in total. The van der Waals surface area contributed by atoms with Crippen molar-refractivity contribution in [3.63, 3.8) is 0 Å². The molecule has 0 aromatic carbocycles. The second-order valence-corrected chi connectivity index (χ2v) is 3.99. The first-order chi connectivity index (χ1) is 8.56. The Bertz CT molecular complexity index is 456. The van der Waals surface area contributed by atoms with Crippen LogP contribution in [0.15, 0.2) is 23.1 Å². The van der Waals surface area contributed by atoms with Crippen LogP contribution in [0.5, 0.6) is 0 Å². The molecule has 6 heteroatoms. The highest BCUT2D eigenvalue weighted by Gasteiger charge is 2.11. The molecule has 0 aliphatic rings. The van der Waals surface area contributed by atoms with Crippen molar-refractivity contribution in [3.8, 4) is 0 Å². The van der Waals surface area contributed by atoms with Crippen molar-refractivity contribution in [3.05, 3.63) is 34.2 Å². The Morgan fingerprint density at radius 2 is 2.22 bits per heavy atom. The van der Waals surface area contributed by atoms with Gasteiger partial charge in [-0.15, -0.1) is 0 Å². The molecule has 1 aromatic heterocycles. The van der Waals surface area contributed by atoms with Crippen LogP contribution < -0.4 is 11.3 Å². The molecule has 1 aromatic rings. The van der Waals surface area contributed by atoms with Gasteiger partial charge in [0.05, 0.1) is 13.2 Å². The second kappa shape index (κ2) is 6.93. The molecule has 0 saturated heterocycles. The van der Waals surface area contributed by atoms with Gasteiger partial charge in [-0.25, -0.2) is 0 Å². The number of aromatic nitrogens is 1. The van der Waals surface area contributed by atoms with Crippen LogP contribution in [0, 0.1) is 0 Å². The van der Waals surface area contributed by atoms with Crippen molar-refractivity contribution in [1.29, 1.82) is 0 Å². The fourth-order valence-electron chi connectivity index (χ4n) is 1.39. The van der Waals surface area contributed by atoms with Crippen LogP contribution in [0.1, 0.15) is 10.4 Å². The van der Waals surface area contributed by atoms with Crippen LogP contribution in [0.25, 0.3) is 0 Å². The van der Waals surface area contributed by atoms with Gasteiger partial charge in [-0.3, -0.25) is 9.59 Å². The Labute approximate surface area is 106 Å². The SMILES string of the molecule is CN(CCOCCN)C(=O)c1ccn(C)c(=O)c1. The molecule has 0 atom stereocenters. The van der Waals surface area contributed by atoms with Crippen molar-refractivity contribution >= 4 is 5.91 Å². The van der Waals surface area contributed by atoms with Crippen LogP contribution in [0.3, 0.4) is 0 Å². The molecule has 0 spiro atoms. The van der Waals surface area contributed by atoms with Gasteiger partial charge in [0.2, 0.25) is 0 Å². The van der Waals surface area contributed by atoms with E-state index in [1.807, 2.05) is 0 Å². The molecule has 0 aliphatic heterocycles. The normalized spacial score (nSPS) is 10.4. The number of carbonyl (C=O) groups is 1. The van der Waals surface area contributed by atoms with E-state index in [1.54, 1.807) is 26.4 Å². The third-order valence-electron chi connectivity index (χ3n) is 2.53. The summed E-state index contributed by atoms with van der Waals surface area (Å²) in [4.78, 5) is 24.9. The molecule has 1 heterocycles. The van der Waals surface area contributed by atoms with Gasteiger partial charge < -0.3 is 19.9 Å². The maximum atomic E-state index is 12.0. The topological polar surface area (TPSA) is 77.6 Å². The zero-order valence-electron chi connectivity index (χ0n) is 10.8. The minimum Gasteiger partial charge on any atom is -0.378 e. The molecule has 0 unspecified atom stereocenters. The van der Waals surface area contributed by atoms with Crippen LogP contribution in [-0.2, 0) is 11.8 Å². The molecular formula is C12H19N3O3. The van der Waals surface area contributed by atoms with Crippen LogP contribution in [-0.4, -0.2) is 48.7 Å². The summed E-state index contributed by atoms with van der Waals surface area (Å²) in [6.07, 6.45) is 1.58. The molecular weight excluding hydrogens is 234 g/mol. The standard InChI is InChI=1S/C12H19N3O3/c1-14-5-3-10(9-11(14)16)12(17)15(2)6-8-18-7-4-13/h3,5,9H,4,6-8,13H2,1-2H3. The van der Waals surface area contributed by atoms with Crippen LogP contribution >= 0.6 is 0 Å². The molecule has 1 amide bonds. The summed E-state index contributed by atoms with van der Waals surface area (Å²) in [5.41, 5.74) is 5.47. The number of rotatable bonds is 6. The van der Waals surface area contributed by atoms with E-state index in [-0.39, 0.29) is 11.5 Å². The van der Waals surface area contributed by atoms with Crippen molar-refractivity contribution in [2.24, 2.45) is 12.8 Å². The van der Waals surface area contributed by atoms with Gasteiger partial charge >= 0.3 is 0 Å². The van der Waals surface area contributed by atoms with Gasteiger partial charge in [-0.05, 0) is 6.07 Å². The minimum absolute atomic E-state index is 0.191. The average Bonchev–Trinajstić information content (AvgIpc) is 2.37. The van der Waals surface area contributed by atoms with E-state index >= 15 is 0 Å². The summed E-state index contributed by atoms with van der Waals surface area (Å²) in [6, 6.07) is 2.96. The lowest BCUT2D eigenvalue weighted by atomic mass is 10.2. The third-order valence-corrected chi connectivity index (χ3v) is 2.53. The minimum atomic E-state index is -0.200. The van der Waals surface area contributed by atoms with E-state index in [1.165, 1.54) is 15.5 Å². The number of nitrogens with zero attached hydrogens (tertiary/aromatic N) is 2. The molecule has 1 rings (SSSR count). The second-order valence-electron chi connectivity index (χ2n) is 3.99. The summed E-state index contributed by atoms with van der Waals surface area (Å²) >= 11 is 0. The lowest BCUT2D eigenvalue weighted by molar-refractivity contribution is 0.0704. The number of likely N-dealkylation sites (N-methyl/N-ethyl adjacent to an activating group) is 1. The maximum absolute atomic E-state index is 12.0. The quantitative estimate of drug-likeness (QED) is 0.689. The van der Waals surface area contributed by atoms with Crippen LogP contribution in [0.2, 0.25) is 0 Å². The fourth-order valence-corrected chi connectivity index (χ4v) is 1.39. The van der Waals surface area contributed by atoms with Crippen molar-refractivity contribution in [2.75, 3.05) is 33.4 Å². The summed E-state index contributed by atoms with van der Waals surface area (Å²) in [6.45, 7) is 1.85. The predicted molar refractivity (Wildman–Crippen MR) is 68.5 cm³/mol. The first kappa shape index (κ1) is 14.4. The first-order valence-electron chi connectivity index (χ1n) is 5.76. The molecule has 0 saturated carbocycles. The zero-order valence-corrected chi connectivity index (χ0v) is 10.8. The lowest BCUT2D eigenvalue weighted by Gasteiger charge is -2.17. The van der Waals surface area contributed by atoms with Gasteiger partial charge in [-0.1, -0.05) is 0 Å². The van der Waals surface area contributed by atoms with E-state index in [9.17, 15) is 9.59 Å². The summed E-state index contributed by atoms with van der Waals surface area (Å²) in [7, 11) is 3.31. The highest BCUT2D eigenvalue weighted by molar-refractivity contribution is 5.93. The monoisotopic (exact) mass is 253 g/mol. The Kier molecular flexibility index (Phi) is 5.54. The van der Waals surface area contributed by atoms with Crippen LogP contribution in [0.4, 0.5) is 0 Å². The summed E-state index contributed by atoms with van der Waals surface area (Å²) in [5.74, 6) is -0.191. The van der Waals surface area contributed by atoms with E-state index in [0.29, 0.717) is 31.9 Å². The molecule has 0 bridgehead atoms. The molecule has 18 heavy (non-hydrogen) atoms. The summed E-state index contributed by atoms with van der Waals surface area (Å²) in [5, 5.41) is 0. The predicted octanol–water partition coefficient (Wildman–Crippen LogP) is -0.567. The van der Waals surface area contributed by atoms with Gasteiger partial charge in [0.1, 0.15) is 0 Å². The van der Waals surface area contributed by atoms with E-state index in [2.05, 4.69) is 0 Å². The highest BCUT2D eigenvalue weighted by Crippen LogP contribution is 2.00. The fraction of sp³-hybridized carbons (Fsp3) is 0.500. The lowest BCUT2D eigenvalue weighted by Crippen LogP contribution is -2.31. The van der Waals surface area contributed by atoms with Gasteiger partial charge in [-0.2, -0.15) is 0 Å². The summed E-state index contributed by atoms with van der Waals surface area (Å²) < 4.78 is 6.62. The van der Waals surface area contributed by atoms with E-state index < -0.39 is 0 Å². The zero-order chi connectivity index (χ0) is 13.5. The largest absolute Gasteiger partial charge is 0.378 e. The Hall–Kier alpha value is -1.66. The Balaban J connectivity index is 2.57. The highest BCUT2D eigenvalue weighted by atomic mass is 16.5. The van der Waals surface area contributed by atoms with Crippen molar-refractivity contribution in [1.82, 2.24) is 9.47 Å². The van der Waals surface area contributed by atoms with E-state index in [4.69, 9.17) is 10.5 Å². The number of hydrogen-bond acceptors (Lipinski definition) is 4. The molecule has 0 fully saturated rings. The number of aryl methyl sites for hydroxylation is 1. The van der Waals surface area contributed by atoms with Gasteiger partial charge in [0, 0.05) is 45.0 Å². The molecule has 0 aliphatic carbocycles.